The van der Waals surface area contributed by atoms with Crippen LogP contribution >= 0.6 is 0 Å². The molecule has 0 atom stereocenters. The summed E-state index contributed by atoms with van der Waals surface area (Å²) in [6.45, 7) is 9.88. The zero-order valence-electron chi connectivity index (χ0n) is 21.6. The maximum Gasteiger partial charge on any atom is 0.148 e. The molecule has 194 valence electrons. The average molecular weight is 519 g/mol. The summed E-state index contributed by atoms with van der Waals surface area (Å²) in [6, 6.07) is 10.8. The Kier molecular flexibility index (Phi) is 7.09. The van der Waals surface area contributed by atoms with Gasteiger partial charge in [0.2, 0.25) is 0 Å². The van der Waals surface area contributed by atoms with Gasteiger partial charge in [0.05, 0.1) is 23.7 Å². The fourth-order valence-electron chi connectivity index (χ4n) is 4.29. The lowest BCUT2D eigenvalue weighted by molar-refractivity contribution is 0.0899. The van der Waals surface area contributed by atoms with E-state index in [-0.39, 0.29) is 6.10 Å². The molecule has 0 saturated carbocycles. The predicted octanol–water partition coefficient (Wildman–Crippen LogP) is 3.58. The van der Waals surface area contributed by atoms with Gasteiger partial charge in [0, 0.05) is 45.7 Å². The first kappa shape index (κ1) is 25.1. The van der Waals surface area contributed by atoms with Crippen LogP contribution in [0.2, 0.25) is 25.7 Å². The molecule has 0 unspecified atom stereocenters. The van der Waals surface area contributed by atoms with Gasteiger partial charge in [-0.1, -0.05) is 25.7 Å². The summed E-state index contributed by atoms with van der Waals surface area (Å²) >= 11 is 0. The third-order valence-corrected chi connectivity index (χ3v) is 8.09. The monoisotopic (exact) mass is 518 g/mol. The molecule has 0 aromatic carbocycles. The fraction of sp³-hybridized carbons (Fsp3) is 0.385. The first-order valence-corrected chi connectivity index (χ1v) is 16.2. The molecular weight excluding hydrogens is 484 g/mol. The van der Waals surface area contributed by atoms with Crippen molar-refractivity contribution in [3.8, 4) is 11.1 Å². The Morgan fingerprint density at radius 1 is 1.16 bits per heavy atom. The number of nitrogen functional groups attached to an aromatic ring is 1. The lowest BCUT2D eigenvalue weighted by atomic mass is 10.1. The summed E-state index contributed by atoms with van der Waals surface area (Å²) in [6.07, 6.45) is 5.04. The normalized spacial score (nSPS) is 14.2. The molecule has 4 N–H and O–H groups in total. The number of aliphatic hydroxyl groups excluding tert-OH is 1. The van der Waals surface area contributed by atoms with E-state index in [9.17, 15) is 5.11 Å². The minimum Gasteiger partial charge on any atom is -0.389 e. The molecule has 0 amide bonds. The second-order valence-corrected chi connectivity index (χ2v) is 16.3. The molecule has 1 aliphatic rings. The van der Waals surface area contributed by atoms with Gasteiger partial charge in [0.25, 0.3) is 0 Å². The lowest BCUT2D eigenvalue weighted by Gasteiger charge is -2.36. The first-order chi connectivity index (χ1) is 17.8. The van der Waals surface area contributed by atoms with Crippen LogP contribution in [0.4, 0.5) is 17.5 Å². The smallest absolute Gasteiger partial charge is 0.148 e. The summed E-state index contributed by atoms with van der Waals surface area (Å²) in [5, 5.41) is 14.0. The minimum absolute atomic E-state index is 0.276. The van der Waals surface area contributed by atoms with Crippen LogP contribution in [0.15, 0.2) is 49.1 Å². The van der Waals surface area contributed by atoms with Gasteiger partial charge in [-0.25, -0.2) is 19.9 Å². The molecule has 10 nitrogen and oxygen atoms in total. The molecule has 0 bridgehead atoms. The van der Waals surface area contributed by atoms with E-state index in [0.717, 1.165) is 46.3 Å². The molecule has 1 fully saturated rings. The van der Waals surface area contributed by atoms with Crippen molar-refractivity contribution in [1.82, 2.24) is 24.5 Å². The van der Waals surface area contributed by atoms with Crippen LogP contribution in [0.25, 0.3) is 22.2 Å². The van der Waals surface area contributed by atoms with E-state index in [2.05, 4.69) is 44.8 Å². The fourth-order valence-corrected chi connectivity index (χ4v) is 5.05. The van der Waals surface area contributed by atoms with E-state index in [0.29, 0.717) is 38.0 Å². The predicted molar refractivity (Wildman–Crippen MR) is 149 cm³/mol. The zero-order chi connectivity index (χ0) is 26.0. The highest BCUT2D eigenvalue weighted by Gasteiger charge is 2.25. The topological polar surface area (TPSA) is 127 Å². The number of hydrogen-bond donors (Lipinski definition) is 3. The van der Waals surface area contributed by atoms with Crippen molar-refractivity contribution in [2.24, 2.45) is 0 Å². The molecule has 5 heterocycles. The molecule has 4 aromatic heterocycles. The Morgan fingerprint density at radius 2 is 2.00 bits per heavy atom. The van der Waals surface area contributed by atoms with Gasteiger partial charge >= 0.3 is 0 Å². The summed E-state index contributed by atoms with van der Waals surface area (Å²) in [5.74, 6) is 2.03. The molecule has 4 aromatic rings. The Bertz CT molecular complexity index is 1380. The molecule has 1 aliphatic heterocycles. The van der Waals surface area contributed by atoms with E-state index in [1.54, 1.807) is 12.5 Å². The van der Waals surface area contributed by atoms with Crippen molar-refractivity contribution >= 4 is 36.6 Å². The van der Waals surface area contributed by atoms with Crippen molar-refractivity contribution in [2.45, 2.75) is 45.1 Å². The highest BCUT2D eigenvalue weighted by molar-refractivity contribution is 6.76. The van der Waals surface area contributed by atoms with Crippen molar-refractivity contribution < 1.29 is 9.84 Å². The number of ether oxygens (including phenoxy) is 1. The van der Waals surface area contributed by atoms with Crippen molar-refractivity contribution in [2.75, 3.05) is 35.6 Å². The molecule has 0 aliphatic carbocycles. The number of anilines is 3. The molecule has 11 heteroatoms. The van der Waals surface area contributed by atoms with E-state index in [1.165, 1.54) is 0 Å². The van der Waals surface area contributed by atoms with Gasteiger partial charge in [-0.3, -0.25) is 0 Å². The number of rotatable bonds is 10. The van der Waals surface area contributed by atoms with E-state index >= 15 is 0 Å². The number of fused-ring (bicyclic) bond motifs is 1. The number of β-amino-alcohol motifs (C(OH)–C–C–N with tert-alkyl or cyclic N) is 1. The summed E-state index contributed by atoms with van der Waals surface area (Å²) in [4.78, 5) is 20.1. The van der Waals surface area contributed by atoms with Crippen LogP contribution in [0.1, 0.15) is 5.69 Å². The van der Waals surface area contributed by atoms with Crippen molar-refractivity contribution in [3.05, 3.63) is 54.7 Å². The number of pyridine rings is 2. The highest BCUT2D eigenvalue weighted by Crippen LogP contribution is 2.34. The van der Waals surface area contributed by atoms with Crippen LogP contribution in [0.5, 0.6) is 0 Å². The number of aromatic nitrogens is 5. The Balaban J connectivity index is 1.43. The maximum absolute atomic E-state index is 9.63. The molecule has 5 rings (SSSR count). The van der Waals surface area contributed by atoms with Gasteiger partial charge in [-0.2, -0.15) is 0 Å². The van der Waals surface area contributed by atoms with Crippen LogP contribution in [-0.4, -0.2) is 63.5 Å². The average Bonchev–Trinajstić information content (AvgIpc) is 3.22. The third kappa shape index (κ3) is 5.90. The summed E-state index contributed by atoms with van der Waals surface area (Å²) < 4.78 is 8.07. The second kappa shape index (κ2) is 10.4. The third-order valence-electron chi connectivity index (χ3n) is 6.39. The number of hydrogen-bond acceptors (Lipinski definition) is 9. The maximum atomic E-state index is 9.63. The largest absolute Gasteiger partial charge is 0.389 e. The SMILES string of the molecule is C[Si](C)(C)CCOCn1cc(-c2ccnc(N)c2)c2c(NCc3cccc(N4CC(O)C4)n3)ncnc21. The second-order valence-electron chi connectivity index (χ2n) is 10.7. The number of nitrogens with zero attached hydrogens (tertiary/aromatic N) is 6. The van der Waals surface area contributed by atoms with Gasteiger partial charge in [0.1, 0.15) is 36.2 Å². The number of aliphatic hydroxyl groups is 1. The Hall–Kier alpha value is -3.54. The quantitative estimate of drug-likeness (QED) is 0.213. The van der Waals surface area contributed by atoms with Gasteiger partial charge in [-0.15, -0.1) is 0 Å². The van der Waals surface area contributed by atoms with Crippen molar-refractivity contribution in [1.29, 1.82) is 0 Å². The van der Waals surface area contributed by atoms with Crippen LogP contribution in [-0.2, 0) is 18.0 Å². The standard InChI is InChI=1S/C26H34N8O2Si/c1-37(2,3)10-9-36-17-34-15-21(18-7-8-28-22(27)11-18)24-25(30-16-31-26(24)34)29-12-19-5-4-6-23(32-19)33-13-20(35)14-33/h4-8,11,15-16,20,35H,9-10,12-14,17H2,1-3H3,(H2,27,28)(H,29,30,31). The van der Waals surface area contributed by atoms with Gasteiger partial charge in [0.15, 0.2) is 0 Å². The zero-order valence-corrected chi connectivity index (χ0v) is 22.6. The number of nitrogens with one attached hydrogen (secondary N) is 1. The molecular formula is C26H34N8O2Si. The van der Waals surface area contributed by atoms with E-state index < -0.39 is 8.07 Å². The van der Waals surface area contributed by atoms with Crippen LogP contribution in [0.3, 0.4) is 0 Å². The van der Waals surface area contributed by atoms with E-state index in [4.69, 9.17) is 15.5 Å². The molecule has 0 spiro atoms. The highest BCUT2D eigenvalue weighted by atomic mass is 28.3. The van der Waals surface area contributed by atoms with E-state index in [1.807, 2.05) is 41.1 Å². The number of nitrogens with two attached hydrogens (primary N) is 1. The summed E-state index contributed by atoms with van der Waals surface area (Å²) in [7, 11) is -1.18. The van der Waals surface area contributed by atoms with Gasteiger partial charge < -0.3 is 30.4 Å². The molecule has 0 radical (unpaired) electrons. The minimum atomic E-state index is -1.18. The summed E-state index contributed by atoms with van der Waals surface area (Å²) in [5.41, 5.74) is 9.57. The van der Waals surface area contributed by atoms with Crippen molar-refractivity contribution in [3.63, 3.8) is 0 Å². The van der Waals surface area contributed by atoms with Gasteiger partial charge in [-0.05, 0) is 35.9 Å². The van der Waals surface area contributed by atoms with Crippen LogP contribution in [0, 0.1) is 0 Å². The first-order valence-electron chi connectivity index (χ1n) is 12.5. The molecule has 37 heavy (non-hydrogen) atoms. The Morgan fingerprint density at radius 3 is 2.76 bits per heavy atom. The lowest BCUT2D eigenvalue weighted by Crippen LogP contribution is -2.51. The van der Waals surface area contributed by atoms with Crippen LogP contribution < -0.4 is 16.0 Å². The molecule has 1 saturated heterocycles. The Labute approximate surface area is 217 Å².